The summed E-state index contributed by atoms with van der Waals surface area (Å²) >= 11 is 1.69. The summed E-state index contributed by atoms with van der Waals surface area (Å²) in [5.41, 5.74) is 5.43. The molecule has 38 heavy (non-hydrogen) atoms. The van der Waals surface area contributed by atoms with Crippen molar-refractivity contribution in [2.45, 2.75) is 24.8 Å². The highest BCUT2D eigenvalue weighted by atomic mass is 32.2. The predicted octanol–water partition coefficient (Wildman–Crippen LogP) is 6.63. The molecule has 6 nitrogen and oxygen atoms in total. The molecule has 7 heteroatoms. The average molecular weight is 531 g/mol. The first-order valence-electron chi connectivity index (χ1n) is 12.5. The average Bonchev–Trinajstić information content (AvgIpc) is 2.95. The van der Waals surface area contributed by atoms with Crippen LogP contribution in [0.15, 0.2) is 71.6 Å². The molecule has 0 aliphatic carbocycles. The van der Waals surface area contributed by atoms with Crippen LogP contribution < -0.4 is 9.47 Å². The van der Waals surface area contributed by atoms with Gasteiger partial charge in [-0.2, -0.15) is 0 Å². The fourth-order valence-corrected chi connectivity index (χ4v) is 5.00. The van der Waals surface area contributed by atoms with Crippen molar-refractivity contribution in [1.29, 1.82) is 0 Å². The lowest BCUT2D eigenvalue weighted by Gasteiger charge is -2.25. The number of fused-ring (bicyclic) bond motifs is 1. The number of aromatic nitrogens is 1. The van der Waals surface area contributed by atoms with Crippen LogP contribution in [0.3, 0.4) is 0 Å². The lowest BCUT2D eigenvalue weighted by molar-refractivity contribution is 0.0720. The minimum Gasteiger partial charge on any atom is -0.493 e. The second-order valence-corrected chi connectivity index (χ2v) is 9.92. The summed E-state index contributed by atoms with van der Waals surface area (Å²) in [5, 5.41) is 1.04. The van der Waals surface area contributed by atoms with Crippen molar-refractivity contribution in [3.8, 4) is 22.8 Å². The van der Waals surface area contributed by atoms with E-state index in [1.54, 1.807) is 51.3 Å². The van der Waals surface area contributed by atoms with Gasteiger partial charge in [0, 0.05) is 42.7 Å². The monoisotopic (exact) mass is 530 g/mol. The molecule has 0 fully saturated rings. The van der Waals surface area contributed by atoms with Crippen molar-refractivity contribution in [2.24, 2.45) is 0 Å². The molecule has 1 amide bonds. The second kappa shape index (κ2) is 12.8. The smallest absolute Gasteiger partial charge is 0.258 e. The molecule has 4 aromatic rings. The topological polar surface area (TPSA) is 60.9 Å². The Kier molecular flexibility index (Phi) is 9.26. The highest BCUT2D eigenvalue weighted by molar-refractivity contribution is 7.98. The first-order valence-corrected chi connectivity index (χ1v) is 13.8. The third-order valence-corrected chi connectivity index (χ3v) is 7.18. The Labute approximate surface area is 228 Å². The van der Waals surface area contributed by atoms with Gasteiger partial charge in [-0.15, -0.1) is 11.8 Å². The number of carbonyl (C=O) groups is 1. The number of hydrogen-bond acceptors (Lipinski definition) is 6. The molecule has 3 aromatic carbocycles. The van der Waals surface area contributed by atoms with Gasteiger partial charge >= 0.3 is 0 Å². The predicted molar refractivity (Wildman–Crippen MR) is 154 cm³/mol. The number of benzene rings is 3. The van der Waals surface area contributed by atoms with E-state index in [0.29, 0.717) is 43.2 Å². The van der Waals surface area contributed by atoms with Crippen LogP contribution in [-0.4, -0.2) is 56.5 Å². The number of carbonyl (C=O) groups excluding carboxylic acids is 1. The van der Waals surface area contributed by atoms with Gasteiger partial charge in [-0.1, -0.05) is 35.9 Å². The Balaban J connectivity index is 1.82. The summed E-state index contributed by atoms with van der Waals surface area (Å²) in [7, 11) is 4.79. The molecule has 0 atom stereocenters. The van der Waals surface area contributed by atoms with Gasteiger partial charge in [-0.3, -0.25) is 4.79 Å². The largest absolute Gasteiger partial charge is 0.493 e. The van der Waals surface area contributed by atoms with Gasteiger partial charge < -0.3 is 19.1 Å². The number of amides is 1. The van der Waals surface area contributed by atoms with Gasteiger partial charge in [0.05, 0.1) is 31.0 Å². The molecule has 198 valence electrons. The van der Waals surface area contributed by atoms with Gasteiger partial charge in [0.15, 0.2) is 11.5 Å². The number of rotatable bonds is 11. The fraction of sp³-hybridized carbons (Fsp3) is 0.290. The normalized spacial score (nSPS) is 11.0. The van der Waals surface area contributed by atoms with E-state index < -0.39 is 0 Å². The van der Waals surface area contributed by atoms with Crippen LogP contribution in [0.25, 0.3) is 22.2 Å². The van der Waals surface area contributed by atoms with E-state index in [1.807, 2.05) is 11.0 Å². The molecule has 0 saturated carbocycles. The van der Waals surface area contributed by atoms with Crippen molar-refractivity contribution < 1.29 is 19.0 Å². The van der Waals surface area contributed by atoms with E-state index >= 15 is 0 Å². The van der Waals surface area contributed by atoms with Crippen LogP contribution in [0, 0.1) is 6.92 Å². The van der Waals surface area contributed by atoms with Gasteiger partial charge in [-0.05, 0) is 61.6 Å². The van der Waals surface area contributed by atoms with Crippen molar-refractivity contribution in [2.75, 3.05) is 40.7 Å². The van der Waals surface area contributed by atoms with E-state index in [-0.39, 0.29) is 5.91 Å². The number of nitrogens with zero attached hydrogens (tertiary/aromatic N) is 2. The van der Waals surface area contributed by atoms with Crippen molar-refractivity contribution in [1.82, 2.24) is 9.88 Å². The van der Waals surface area contributed by atoms with E-state index in [4.69, 9.17) is 19.2 Å². The summed E-state index contributed by atoms with van der Waals surface area (Å²) in [6.07, 6.45) is 2.76. The van der Waals surface area contributed by atoms with Crippen LogP contribution >= 0.6 is 11.8 Å². The molecule has 0 aliphatic rings. The van der Waals surface area contributed by atoms with Crippen LogP contribution in [-0.2, 0) is 11.3 Å². The molecule has 0 unspecified atom stereocenters. The SMILES string of the molecule is COCCCN(Cc1cc2ccc(SC)cc2nc1-c1cccc(C)c1)C(=O)c1cccc(OC)c1OC. The maximum atomic E-state index is 14.0. The van der Waals surface area contributed by atoms with E-state index in [9.17, 15) is 4.79 Å². The molecule has 0 bridgehead atoms. The van der Waals surface area contributed by atoms with Gasteiger partial charge in [-0.25, -0.2) is 4.98 Å². The summed E-state index contributed by atoms with van der Waals surface area (Å²) in [6, 6.07) is 22.2. The molecular weight excluding hydrogens is 496 g/mol. The minimum atomic E-state index is -0.134. The zero-order valence-corrected chi connectivity index (χ0v) is 23.4. The van der Waals surface area contributed by atoms with E-state index in [1.165, 1.54) is 0 Å². The van der Waals surface area contributed by atoms with Crippen LogP contribution in [0.2, 0.25) is 0 Å². The first-order chi connectivity index (χ1) is 18.5. The summed E-state index contributed by atoms with van der Waals surface area (Å²) in [4.78, 5) is 22.1. The number of thioether (sulfide) groups is 1. The maximum absolute atomic E-state index is 14.0. The number of ether oxygens (including phenoxy) is 3. The lowest BCUT2D eigenvalue weighted by Crippen LogP contribution is -2.32. The third-order valence-electron chi connectivity index (χ3n) is 6.45. The number of para-hydroxylation sites is 1. The molecule has 0 spiro atoms. The van der Waals surface area contributed by atoms with Gasteiger partial charge in [0.1, 0.15) is 0 Å². The quantitative estimate of drug-likeness (QED) is 0.160. The van der Waals surface area contributed by atoms with E-state index in [2.05, 4.69) is 55.6 Å². The maximum Gasteiger partial charge on any atom is 0.258 e. The number of methoxy groups -OCH3 is 3. The second-order valence-electron chi connectivity index (χ2n) is 9.04. The van der Waals surface area contributed by atoms with Crippen LogP contribution in [0.4, 0.5) is 0 Å². The fourth-order valence-electron chi connectivity index (χ4n) is 4.56. The summed E-state index contributed by atoms with van der Waals surface area (Å²) < 4.78 is 16.3. The van der Waals surface area contributed by atoms with Gasteiger partial charge in [0.2, 0.25) is 0 Å². The zero-order valence-electron chi connectivity index (χ0n) is 22.6. The Morgan fingerprint density at radius 2 is 1.79 bits per heavy atom. The number of pyridine rings is 1. The molecular formula is C31H34N2O4S. The molecule has 0 N–H and O–H groups in total. The van der Waals surface area contributed by atoms with Crippen LogP contribution in [0.5, 0.6) is 11.5 Å². The zero-order chi connectivity index (χ0) is 27.1. The molecule has 1 aromatic heterocycles. The highest BCUT2D eigenvalue weighted by Gasteiger charge is 2.24. The van der Waals surface area contributed by atoms with Crippen molar-refractivity contribution in [3.05, 3.63) is 83.4 Å². The van der Waals surface area contributed by atoms with Crippen molar-refractivity contribution >= 4 is 28.6 Å². The number of hydrogen-bond donors (Lipinski definition) is 0. The number of aryl methyl sites for hydroxylation is 1. The molecule has 1 heterocycles. The Hall–Kier alpha value is -3.55. The molecule has 0 aliphatic heterocycles. The minimum absolute atomic E-state index is 0.134. The standard InChI is InChI=1S/C31H34N2O4S/c1-21-9-6-10-23(17-21)29-24(18-22-13-14-25(38-5)19-27(22)32-29)20-33(15-8-16-35-2)31(34)26-11-7-12-28(36-3)30(26)37-4/h6-7,9-14,17-19H,8,15-16,20H2,1-5H3. The van der Waals surface area contributed by atoms with Gasteiger partial charge in [0.25, 0.3) is 5.91 Å². The Morgan fingerprint density at radius 1 is 0.974 bits per heavy atom. The molecule has 0 radical (unpaired) electrons. The van der Waals surface area contributed by atoms with Crippen molar-refractivity contribution in [3.63, 3.8) is 0 Å². The highest BCUT2D eigenvalue weighted by Crippen LogP contribution is 2.33. The Morgan fingerprint density at radius 3 is 2.50 bits per heavy atom. The molecule has 4 rings (SSSR count). The van der Waals surface area contributed by atoms with E-state index in [0.717, 1.165) is 38.2 Å². The first kappa shape index (κ1) is 27.5. The third kappa shape index (κ3) is 6.11. The Bertz CT molecular complexity index is 1420. The molecule has 0 saturated heterocycles. The summed E-state index contributed by atoms with van der Waals surface area (Å²) in [5.74, 6) is 0.814. The summed E-state index contributed by atoms with van der Waals surface area (Å²) in [6.45, 7) is 3.53. The van der Waals surface area contributed by atoms with Crippen LogP contribution in [0.1, 0.15) is 27.9 Å². The lowest BCUT2D eigenvalue weighted by atomic mass is 10.0.